The molecule has 82 valence electrons. The van der Waals surface area contributed by atoms with Gasteiger partial charge in [-0.25, -0.2) is 9.97 Å². The van der Waals surface area contributed by atoms with Gasteiger partial charge in [-0.3, -0.25) is 9.25 Å². The topological polar surface area (TPSA) is 72.3 Å². The fourth-order valence-corrected chi connectivity index (χ4v) is 1.80. The van der Waals surface area contributed by atoms with E-state index in [0.29, 0.717) is 11.5 Å². The summed E-state index contributed by atoms with van der Waals surface area (Å²) in [5.74, 6) is 0.671. The Labute approximate surface area is 96.8 Å². The first-order valence-corrected chi connectivity index (χ1v) is 5.02. The van der Waals surface area contributed by atoms with E-state index in [0.717, 1.165) is 11.0 Å². The van der Waals surface area contributed by atoms with Gasteiger partial charge < -0.3 is 0 Å². The second-order valence-corrected chi connectivity index (χ2v) is 3.58. The predicted octanol–water partition coefficient (Wildman–Crippen LogP) is 1.03. The summed E-state index contributed by atoms with van der Waals surface area (Å²) < 4.78 is 3.40. The highest BCUT2D eigenvalue weighted by atomic mass is 15.3. The van der Waals surface area contributed by atoms with Crippen LogP contribution in [0.25, 0.3) is 16.9 Å². The monoisotopic (exact) mass is 224 g/mol. The van der Waals surface area contributed by atoms with E-state index < -0.39 is 0 Å². The average Bonchev–Trinajstić information content (AvgIpc) is 2.96. The molecule has 3 aromatic rings. The molecular weight excluding hydrogens is 216 g/mol. The number of hydrogen-bond acceptors (Lipinski definition) is 4. The van der Waals surface area contributed by atoms with Gasteiger partial charge in [-0.2, -0.15) is 10.4 Å². The lowest BCUT2D eigenvalue weighted by molar-refractivity contribution is 0.785. The van der Waals surface area contributed by atoms with Crippen LogP contribution >= 0.6 is 0 Å². The Morgan fingerprint density at radius 2 is 2.24 bits per heavy atom. The molecule has 0 saturated heterocycles. The molecule has 17 heavy (non-hydrogen) atoms. The van der Waals surface area contributed by atoms with E-state index in [-0.39, 0.29) is 0 Å². The van der Waals surface area contributed by atoms with Crippen molar-refractivity contribution in [2.45, 2.75) is 0 Å². The molecule has 0 bridgehead atoms. The number of nitriles is 1. The highest BCUT2D eigenvalue weighted by Crippen LogP contribution is 2.18. The average molecular weight is 224 g/mol. The van der Waals surface area contributed by atoms with E-state index in [1.54, 1.807) is 27.7 Å². The number of aromatic nitrogens is 5. The van der Waals surface area contributed by atoms with Crippen LogP contribution in [0.2, 0.25) is 0 Å². The highest BCUT2D eigenvalue weighted by Gasteiger charge is 2.11. The largest absolute Gasteiger partial charge is 0.292 e. The Morgan fingerprint density at radius 1 is 1.35 bits per heavy atom. The van der Waals surface area contributed by atoms with Crippen molar-refractivity contribution in [3.05, 3.63) is 36.5 Å². The quantitative estimate of drug-likeness (QED) is 0.618. The minimum Gasteiger partial charge on any atom is -0.292 e. The van der Waals surface area contributed by atoms with Crippen LogP contribution in [0.3, 0.4) is 0 Å². The van der Waals surface area contributed by atoms with Crippen LogP contribution in [0, 0.1) is 11.3 Å². The molecule has 3 heterocycles. The van der Waals surface area contributed by atoms with Crippen molar-refractivity contribution < 1.29 is 0 Å². The van der Waals surface area contributed by atoms with Crippen molar-refractivity contribution in [2.75, 3.05) is 0 Å². The molecule has 0 fully saturated rings. The summed E-state index contributed by atoms with van der Waals surface area (Å²) in [5, 5.41) is 14.0. The Bertz CT molecular complexity index is 730. The Kier molecular flexibility index (Phi) is 1.92. The molecule has 0 aliphatic rings. The van der Waals surface area contributed by atoms with Gasteiger partial charge in [-0.05, 0) is 12.1 Å². The van der Waals surface area contributed by atoms with E-state index in [1.807, 2.05) is 13.1 Å². The van der Waals surface area contributed by atoms with Crippen LogP contribution < -0.4 is 0 Å². The SMILES string of the molecule is Cn1ncc2c(-n3cccc3C#N)ncnc21. The van der Waals surface area contributed by atoms with Crippen LogP contribution in [0.1, 0.15) is 5.69 Å². The number of rotatable bonds is 1. The molecule has 0 N–H and O–H groups in total. The summed E-state index contributed by atoms with van der Waals surface area (Å²) in [6.07, 6.45) is 4.97. The van der Waals surface area contributed by atoms with E-state index in [2.05, 4.69) is 21.1 Å². The van der Waals surface area contributed by atoms with Gasteiger partial charge in [0.1, 0.15) is 18.1 Å². The van der Waals surface area contributed by atoms with Crippen molar-refractivity contribution >= 4 is 11.0 Å². The minimum absolute atomic E-state index is 0.536. The molecule has 0 spiro atoms. The van der Waals surface area contributed by atoms with E-state index in [4.69, 9.17) is 5.26 Å². The first-order valence-electron chi connectivity index (χ1n) is 5.02. The molecule has 3 aromatic heterocycles. The van der Waals surface area contributed by atoms with Crippen molar-refractivity contribution in [1.29, 1.82) is 5.26 Å². The highest BCUT2D eigenvalue weighted by molar-refractivity contribution is 5.82. The zero-order chi connectivity index (χ0) is 11.8. The van der Waals surface area contributed by atoms with Crippen LogP contribution in [-0.2, 0) is 7.05 Å². The van der Waals surface area contributed by atoms with Crippen molar-refractivity contribution in [2.24, 2.45) is 7.05 Å². The Hall–Kier alpha value is -2.68. The summed E-state index contributed by atoms with van der Waals surface area (Å²) in [4.78, 5) is 8.38. The Balaban J connectivity index is 2.35. The lowest BCUT2D eigenvalue weighted by Gasteiger charge is -2.04. The zero-order valence-electron chi connectivity index (χ0n) is 9.07. The normalized spacial score (nSPS) is 10.6. The maximum absolute atomic E-state index is 9.01. The molecule has 0 aliphatic carbocycles. The van der Waals surface area contributed by atoms with Crippen LogP contribution in [0.5, 0.6) is 0 Å². The smallest absolute Gasteiger partial charge is 0.163 e. The van der Waals surface area contributed by atoms with Gasteiger partial charge in [0.2, 0.25) is 0 Å². The third-order valence-corrected chi connectivity index (χ3v) is 2.60. The minimum atomic E-state index is 0.536. The maximum atomic E-state index is 9.01. The molecule has 6 nitrogen and oxygen atoms in total. The number of fused-ring (bicyclic) bond motifs is 1. The number of nitrogens with zero attached hydrogens (tertiary/aromatic N) is 6. The second kappa shape index (κ2) is 3.42. The van der Waals surface area contributed by atoms with Gasteiger partial charge in [0.15, 0.2) is 11.5 Å². The molecular formula is C11H8N6. The maximum Gasteiger partial charge on any atom is 0.163 e. The van der Waals surface area contributed by atoms with Gasteiger partial charge in [-0.1, -0.05) is 0 Å². The predicted molar refractivity (Wildman–Crippen MR) is 60.3 cm³/mol. The third-order valence-electron chi connectivity index (χ3n) is 2.60. The third kappa shape index (κ3) is 1.29. The van der Waals surface area contributed by atoms with Crippen molar-refractivity contribution in [3.8, 4) is 11.9 Å². The van der Waals surface area contributed by atoms with Crippen LogP contribution in [0.15, 0.2) is 30.9 Å². The lowest BCUT2D eigenvalue weighted by atomic mass is 10.4. The van der Waals surface area contributed by atoms with Crippen molar-refractivity contribution in [1.82, 2.24) is 24.3 Å². The summed E-state index contributed by atoms with van der Waals surface area (Å²) in [5.41, 5.74) is 1.28. The van der Waals surface area contributed by atoms with Gasteiger partial charge in [-0.15, -0.1) is 0 Å². The second-order valence-electron chi connectivity index (χ2n) is 3.58. The molecule has 0 aromatic carbocycles. The molecule has 0 aliphatic heterocycles. The molecule has 0 saturated carbocycles. The summed E-state index contributed by atoms with van der Waals surface area (Å²) >= 11 is 0. The van der Waals surface area contributed by atoms with Crippen molar-refractivity contribution in [3.63, 3.8) is 0 Å². The lowest BCUT2D eigenvalue weighted by Crippen LogP contribution is -2.00. The van der Waals surface area contributed by atoms with Gasteiger partial charge in [0, 0.05) is 13.2 Å². The molecule has 0 amide bonds. The fraction of sp³-hybridized carbons (Fsp3) is 0.0909. The fourth-order valence-electron chi connectivity index (χ4n) is 1.80. The van der Waals surface area contributed by atoms with Gasteiger partial charge in [0.05, 0.1) is 11.6 Å². The summed E-state index contributed by atoms with van der Waals surface area (Å²) in [7, 11) is 1.82. The van der Waals surface area contributed by atoms with E-state index in [1.165, 1.54) is 6.33 Å². The molecule has 3 rings (SSSR count). The van der Waals surface area contributed by atoms with Gasteiger partial charge >= 0.3 is 0 Å². The van der Waals surface area contributed by atoms with E-state index in [9.17, 15) is 0 Å². The van der Waals surface area contributed by atoms with Gasteiger partial charge in [0.25, 0.3) is 0 Å². The molecule has 0 atom stereocenters. The first kappa shape index (κ1) is 9.54. The summed E-state index contributed by atoms with van der Waals surface area (Å²) in [6, 6.07) is 5.67. The van der Waals surface area contributed by atoms with Crippen LogP contribution in [0.4, 0.5) is 0 Å². The zero-order valence-corrected chi connectivity index (χ0v) is 9.07. The van der Waals surface area contributed by atoms with Crippen LogP contribution in [-0.4, -0.2) is 24.3 Å². The molecule has 6 heteroatoms. The number of hydrogen-bond donors (Lipinski definition) is 0. The standard InChI is InChI=1S/C11H8N6/c1-16-10-9(6-15-16)11(14-7-13-10)17-4-2-3-8(17)5-12/h2-4,6-7H,1H3. The molecule has 0 radical (unpaired) electrons. The van der Waals surface area contributed by atoms with E-state index >= 15 is 0 Å². The number of aryl methyl sites for hydroxylation is 1. The first-order chi connectivity index (χ1) is 8.31. The summed E-state index contributed by atoms with van der Waals surface area (Å²) in [6.45, 7) is 0. The molecule has 0 unspecified atom stereocenters. The Morgan fingerprint density at radius 3 is 3.06 bits per heavy atom.